The number of hydrogen-bond acceptors (Lipinski definition) is 18. The number of carbonyl (C=O) groups excluding carboxylic acids is 4. The molecule has 0 aliphatic carbocycles. The van der Waals surface area contributed by atoms with Crippen LogP contribution in [0.5, 0.6) is 17.2 Å². The van der Waals surface area contributed by atoms with Crippen molar-refractivity contribution in [3.8, 4) is 17.2 Å². The van der Waals surface area contributed by atoms with Gasteiger partial charge in [-0.15, -0.1) is 0 Å². The van der Waals surface area contributed by atoms with Gasteiger partial charge in [0.05, 0.1) is 54.0 Å². The molecule has 0 fully saturated rings. The second-order valence-corrected chi connectivity index (χ2v) is 17.8. The first kappa shape index (κ1) is 57.0. The Balaban J connectivity index is 1.25. The molecular weight excluding hydrogens is 985 g/mol. The smallest absolute Gasteiger partial charge is 0.420 e. The topological polar surface area (TPSA) is 224 Å². The first-order chi connectivity index (χ1) is 37.0. The van der Waals surface area contributed by atoms with Crippen molar-refractivity contribution in [3.05, 3.63) is 140 Å². The zero-order valence-electron chi connectivity index (χ0n) is 44.9. The number of ether oxygens (including phenoxy) is 4. The normalized spacial score (nSPS) is 10.7. The van der Waals surface area contributed by atoms with Crippen LogP contribution in [0.1, 0.15) is 11.3 Å². The Morgan fingerprint density at radius 2 is 1.12 bits per heavy atom. The van der Waals surface area contributed by atoms with Gasteiger partial charge in [0, 0.05) is 85.3 Å². The molecule has 4 N–H and O–H groups in total. The van der Waals surface area contributed by atoms with Gasteiger partial charge in [0.15, 0.2) is 0 Å². The van der Waals surface area contributed by atoms with Gasteiger partial charge < -0.3 is 54.9 Å². The zero-order chi connectivity index (χ0) is 55.6. The van der Waals surface area contributed by atoms with Gasteiger partial charge in [0.2, 0.25) is 23.7 Å². The fourth-order valence-corrected chi connectivity index (χ4v) is 7.43. The van der Waals surface area contributed by atoms with Gasteiger partial charge in [-0.2, -0.15) is 9.97 Å². The molecule has 0 atom stereocenters. The summed E-state index contributed by atoms with van der Waals surface area (Å²) in [5.74, 6) is 1.17. The van der Waals surface area contributed by atoms with Crippen LogP contribution in [0.2, 0.25) is 0 Å². The molecule has 2 heterocycles. The molecule has 0 saturated heterocycles. The predicted molar refractivity (Wildman–Crippen MR) is 302 cm³/mol. The first-order valence-corrected chi connectivity index (χ1v) is 24.3. The maximum atomic E-state index is 13.6. The van der Waals surface area contributed by atoms with Crippen LogP contribution in [0.3, 0.4) is 0 Å². The number of benzene rings is 4. The van der Waals surface area contributed by atoms with Crippen LogP contribution in [-0.2, 0) is 27.5 Å². The SMILES string of the molecule is C=CC(=O)Nc1cc(Nc2nc(CN(C)CCN(C)c3cc(OC)c(Nc4nccc(N(C)C(=O)Oc5ccccc5)n4)cc3NC(=O)C=C)cc(N(C)C(=O)OCc3ccccc3)n2)c(OC)cc1N(C)CCN(C)C. The Hall–Kier alpha value is -9.28. The number of para-hydroxylation sites is 1. The maximum Gasteiger partial charge on any atom is 0.420 e. The van der Waals surface area contributed by atoms with Crippen molar-refractivity contribution in [2.24, 2.45) is 0 Å². The second-order valence-electron chi connectivity index (χ2n) is 17.8. The summed E-state index contributed by atoms with van der Waals surface area (Å²) in [5, 5.41) is 12.3. The molecule has 0 bridgehead atoms. The molecular formula is C55H66N14O8. The van der Waals surface area contributed by atoms with E-state index in [1.807, 2.05) is 92.4 Å². The minimum atomic E-state index is -0.649. The number of likely N-dealkylation sites (N-methyl/N-ethyl adjacent to an activating group) is 4. The number of aromatic nitrogens is 4. The average Bonchev–Trinajstić information content (AvgIpc) is 3.43. The third kappa shape index (κ3) is 16.1. The lowest BCUT2D eigenvalue weighted by Gasteiger charge is -2.27. The van der Waals surface area contributed by atoms with Crippen molar-refractivity contribution in [1.82, 2.24) is 29.7 Å². The van der Waals surface area contributed by atoms with Crippen molar-refractivity contribution < 1.29 is 38.1 Å². The minimum absolute atomic E-state index is 0.0501. The van der Waals surface area contributed by atoms with Crippen LogP contribution in [-0.4, -0.2) is 143 Å². The summed E-state index contributed by atoms with van der Waals surface area (Å²) in [6.45, 7) is 9.95. The van der Waals surface area contributed by atoms with Gasteiger partial charge in [-0.05, 0) is 69.2 Å². The lowest BCUT2D eigenvalue weighted by molar-refractivity contribution is -0.112. The number of nitrogens with one attached hydrogen (secondary N) is 4. The Labute approximate surface area is 448 Å². The average molecular weight is 1050 g/mol. The third-order valence-electron chi connectivity index (χ3n) is 11.8. The molecule has 0 aliphatic heterocycles. The van der Waals surface area contributed by atoms with Crippen molar-refractivity contribution >= 4 is 81.7 Å². The Bertz CT molecular complexity index is 3020. The molecule has 4 amide bonds. The number of rotatable bonds is 25. The van der Waals surface area contributed by atoms with Gasteiger partial charge in [-0.25, -0.2) is 19.6 Å². The van der Waals surface area contributed by atoms with E-state index in [4.69, 9.17) is 28.9 Å². The quantitative estimate of drug-likeness (QED) is 0.0399. The highest BCUT2D eigenvalue weighted by Crippen LogP contribution is 2.40. The molecule has 0 unspecified atom stereocenters. The summed E-state index contributed by atoms with van der Waals surface area (Å²) in [4.78, 5) is 81.2. The van der Waals surface area contributed by atoms with Gasteiger partial charge in [0.1, 0.15) is 35.5 Å². The molecule has 22 heteroatoms. The van der Waals surface area contributed by atoms with E-state index in [9.17, 15) is 19.2 Å². The summed E-state index contributed by atoms with van der Waals surface area (Å²) in [6.07, 6.45) is 2.57. The molecule has 0 saturated carbocycles. The van der Waals surface area contributed by atoms with Crippen LogP contribution < -0.4 is 55.1 Å². The van der Waals surface area contributed by atoms with E-state index in [1.54, 1.807) is 68.8 Å². The number of carbonyl (C=O) groups is 4. The molecule has 77 heavy (non-hydrogen) atoms. The maximum absolute atomic E-state index is 13.6. The molecule has 6 aromatic rings. The molecule has 22 nitrogen and oxygen atoms in total. The highest BCUT2D eigenvalue weighted by atomic mass is 16.6. The molecule has 6 rings (SSSR count). The van der Waals surface area contributed by atoms with Gasteiger partial charge >= 0.3 is 12.2 Å². The summed E-state index contributed by atoms with van der Waals surface area (Å²) in [5.41, 5.74) is 4.47. The summed E-state index contributed by atoms with van der Waals surface area (Å²) >= 11 is 0. The summed E-state index contributed by atoms with van der Waals surface area (Å²) < 4.78 is 22.9. The lowest BCUT2D eigenvalue weighted by atomic mass is 10.2. The monoisotopic (exact) mass is 1050 g/mol. The van der Waals surface area contributed by atoms with E-state index in [1.165, 1.54) is 42.3 Å². The van der Waals surface area contributed by atoms with Crippen molar-refractivity contribution in [2.75, 3.05) is 131 Å². The molecule has 4 aromatic carbocycles. The summed E-state index contributed by atoms with van der Waals surface area (Å²) in [6, 6.07) is 28.3. The van der Waals surface area contributed by atoms with E-state index in [0.29, 0.717) is 83.2 Å². The van der Waals surface area contributed by atoms with E-state index in [0.717, 1.165) is 12.1 Å². The van der Waals surface area contributed by atoms with Gasteiger partial charge in [-0.1, -0.05) is 61.7 Å². The zero-order valence-corrected chi connectivity index (χ0v) is 44.9. The van der Waals surface area contributed by atoms with Crippen molar-refractivity contribution in [1.29, 1.82) is 0 Å². The Morgan fingerprint density at radius 3 is 1.68 bits per heavy atom. The van der Waals surface area contributed by atoms with Crippen LogP contribution in [0.4, 0.5) is 67.2 Å². The summed E-state index contributed by atoms with van der Waals surface area (Å²) in [7, 11) is 15.8. The number of anilines is 10. The van der Waals surface area contributed by atoms with Gasteiger partial charge in [0.25, 0.3) is 0 Å². The van der Waals surface area contributed by atoms with Crippen LogP contribution in [0, 0.1) is 0 Å². The third-order valence-corrected chi connectivity index (χ3v) is 11.8. The fourth-order valence-electron chi connectivity index (χ4n) is 7.43. The highest BCUT2D eigenvalue weighted by Gasteiger charge is 2.23. The number of methoxy groups -OCH3 is 2. The van der Waals surface area contributed by atoms with Crippen LogP contribution >= 0.6 is 0 Å². The number of amides is 4. The van der Waals surface area contributed by atoms with Crippen LogP contribution in [0.15, 0.2) is 129 Å². The lowest BCUT2D eigenvalue weighted by Crippen LogP contribution is -2.32. The molecule has 0 spiro atoms. The molecule has 404 valence electrons. The Morgan fingerprint density at radius 1 is 0.584 bits per heavy atom. The number of hydrogen-bond donors (Lipinski definition) is 4. The largest absolute Gasteiger partial charge is 0.494 e. The molecule has 0 aliphatic rings. The van der Waals surface area contributed by atoms with Gasteiger partial charge in [-0.3, -0.25) is 24.3 Å². The number of nitrogens with zero attached hydrogens (tertiary/aromatic N) is 10. The Kier molecular flexibility index (Phi) is 20.2. The van der Waals surface area contributed by atoms with Crippen molar-refractivity contribution in [2.45, 2.75) is 13.2 Å². The molecule has 2 aromatic heterocycles. The fraction of sp³-hybridized carbons (Fsp3) is 0.273. The minimum Gasteiger partial charge on any atom is -0.494 e. The van der Waals surface area contributed by atoms with E-state index < -0.39 is 24.0 Å². The predicted octanol–water partition coefficient (Wildman–Crippen LogP) is 7.99. The molecule has 0 radical (unpaired) electrons. The first-order valence-electron chi connectivity index (χ1n) is 24.3. The standard InChI is InChI=1S/C55H66N14O8/c1-12-50(70)58-40-31-42(60-52-56-25-24-48(62-52)68(8)55(73)77-39-22-18-15-19-23-39)46(74-10)34-45(40)67(7)29-27-65(5)35-38-30-49(69(9)54(72)76-36-37-20-16-14-17-21-37)63-53(57-38)61-43-32-41(59-51(71)13-2)44(33-47(43)75-11)66(6)28-26-64(3)4/h12-25,30-34H,1-2,26-29,35-36H2,3-11H3,(H,58,70)(H,59,71)(H,56,60,62)(H,57,61,63). The highest BCUT2D eigenvalue weighted by molar-refractivity contribution is 6.03. The van der Waals surface area contributed by atoms with Crippen molar-refractivity contribution in [3.63, 3.8) is 0 Å². The van der Waals surface area contributed by atoms with Crippen LogP contribution in [0.25, 0.3) is 0 Å². The second kappa shape index (κ2) is 27.3. The van der Waals surface area contributed by atoms with E-state index in [-0.39, 0.29) is 30.1 Å². The van der Waals surface area contributed by atoms with E-state index in [2.05, 4.69) is 49.3 Å². The van der Waals surface area contributed by atoms with E-state index >= 15 is 0 Å².